The third kappa shape index (κ3) is 4.22. The average Bonchev–Trinajstić information content (AvgIpc) is 3.27. The number of fused-ring (bicyclic) bond motifs is 1. The first-order valence-electron chi connectivity index (χ1n) is 10.4. The van der Waals surface area contributed by atoms with E-state index in [0.717, 1.165) is 17.0 Å². The number of carbonyl (C=O) groups excluding carboxylic acids is 1. The highest BCUT2D eigenvalue weighted by atomic mass is 32.2. The zero-order valence-electron chi connectivity index (χ0n) is 18.2. The summed E-state index contributed by atoms with van der Waals surface area (Å²) >= 11 is 0. The molecule has 0 bridgehead atoms. The van der Waals surface area contributed by atoms with E-state index in [9.17, 15) is 23.3 Å². The van der Waals surface area contributed by atoms with Crippen LogP contribution >= 0.6 is 0 Å². The summed E-state index contributed by atoms with van der Waals surface area (Å²) in [7, 11) is -2.64. The first-order valence-corrected chi connectivity index (χ1v) is 11.8. The van der Waals surface area contributed by atoms with Gasteiger partial charge in [-0.3, -0.25) is 19.8 Å². The van der Waals surface area contributed by atoms with Gasteiger partial charge in [0.15, 0.2) is 11.5 Å². The molecule has 1 N–H and O–H groups in total. The highest BCUT2D eigenvalue weighted by Crippen LogP contribution is 2.31. The number of H-pyrrole nitrogens is 1. The molecular formula is C22H24N4O6S. The smallest absolute Gasteiger partial charge is 0.312 e. The molecule has 33 heavy (non-hydrogen) atoms. The zero-order chi connectivity index (χ0) is 23.8. The lowest BCUT2D eigenvalue weighted by Gasteiger charge is -2.36. The summed E-state index contributed by atoms with van der Waals surface area (Å²) in [6, 6.07) is 10.8. The van der Waals surface area contributed by atoms with Crippen LogP contribution in [-0.2, 0) is 10.0 Å². The van der Waals surface area contributed by atoms with Crippen LogP contribution in [0.15, 0.2) is 53.6 Å². The van der Waals surface area contributed by atoms with Gasteiger partial charge in [0.05, 0.1) is 23.0 Å². The summed E-state index contributed by atoms with van der Waals surface area (Å²) in [6.07, 6.45) is 1.71. The number of carbonyl (C=O) groups is 1. The van der Waals surface area contributed by atoms with Crippen molar-refractivity contribution >= 4 is 32.4 Å². The van der Waals surface area contributed by atoms with Crippen molar-refractivity contribution in [3.63, 3.8) is 0 Å². The average molecular weight is 473 g/mol. The van der Waals surface area contributed by atoms with Crippen LogP contribution in [0.2, 0.25) is 0 Å². The summed E-state index contributed by atoms with van der Waals surface area (Å²) in [5.74, 6) is -0.0390. The molecule has 1 aromatic heterocycles. The number of ketones is 1. The molecule has 174 valence electrons. The predicted octanol–water partition coefficient (Wildman–Crippen LogP) is 2.66. The Labute approximate surface area is 191 Å². The number of nitrogens with one attached hydrogen (secondary N) is 1. The van der Waals surface area contributed by atoms with Gasteiger partial charge in [-0.2, -0.15) is 4.31 Å². The highest BCUT2D eigenvalue weighted by molar-refractivity contribution is 7.89. The number of Topliss-reactive ketones (excluding diaryl/α,β-unsaturated/α-hetero) is 1. The zero-order valence-corrected chi connectivity index (χ0v) is 19.0. The number of hydrogen-bond acceptors (Lipinski definition) is 7. The Hall–Kier alpha value is -3.28. The number of nitrogens with zero attached hydrogens (tertiary/aromatic N) is 3. The molecule has 10 nitrogen and oxygen atoms in total. The Bertz CT molecular complexity index is 1310. The molecule has 1 aliphatic heterocycles. The minimum atomic E-state index is -3.93. The maximum atomic E-state index is 13.1. The van der Waals surface area contributed by atoms with Gasteiger partial charge in [-0.1, -0.05) is 18.2 Å². The Morgan fingerprint density at radius 1 is 1.15 bits per heavy atom. The van der Waals surface area contributed by atoms with Crippen molar-refractivity contribution in [1.82, 2.24) is 14.2 Å². The number of nitro groups is 1. The van der Waals surface area contributed by atoms with Crippen LogP contribution in [0.1, 0.15) is 17.3 Å². The van der Waals surface area contributed by atoms with Crippen molar-refractivity contribution in [3.8, 4) is 5.75 Å². The van der Waals surface area contributed by atoms with E-state index in [1.165, 1.54) is 23.5 Å². The van der Waals surface area contributed by atoms with Gasteiger partial charge in [0.1, 0.15) is 0 Å². The fourth-order valence-corrected chi connectivity index (χ4v) is 5.56. The monoisotopic (exact) mass is 472 g/mol. The molecule has 0 saturated carbocycles. The number of aromatic nitrogens is 1. The molecule has 0 amide bonds. The second kappa shape index (κ2) is 8.93. The van der Waals surface area contributed by atoms with Gasteiger partial charge >= 0.3 is 5.69 Å². The Morgan fingerprint density at radius 2 is 1.85 bits per heavy atom. The van der Waals surface area contributed by atoms with Crippen molar-refractivity contribution in [2.75, 3.05) is 33.3 Å². The third-order valence-electron chi connectivity index (χ3n) is 6.04. The van der Waals surface area contributed by atoms with Gasteiger partial charge in [0.25, 0.3) is 0 Å². The fourth-order valence-electron chi connectivity index (χ4n) is 4.12. The predicted molar refractivity (Wildman–Crippen MR) is 122 cm³/mol. The van der Waals surface area contributed by atoms with Crippen LogP contribution in [-0.4, -0.2) is 72.6 Å². The van der Waals surface area contributed by atoms with Gasteiger partial charge in [0.2, 0.25) is 10.0 Å². The van der Waals surface area contributed by atoms with E-state index in [1.807, 2.05) is 36.1 Å². The van der Waals surface area contributed by atoms with Crippen molar-refractivity contribution in [2.24, 2.45) is 0 Å². The SMILES string of the molecule is COc1ccc(S(=O)(=O)N2CCN(C(C)C(=O)c3c[nH]c4ccccc34)CC2)cc1[N+](=O)[O-]. The molecule has 1 saturated heterocycles. The number of methoxy groups -OCH3 is 1. The normalized spacial score (nSPS) is 16.5. The second-order valence-electron chi connectivity index (χ2n) is 7.82. The van der Waals surface area contributed by atoms with Gasteiger partial charge in [-0.05, 0) is 25.1 Å². The van der Waals surface area contributed by atoms with Crippen LogP contribution in [0.3, 0.4) is 0 Å². The van der Waals surface area contributed by atoms with Gasteiger partial charge < -0.3 is 9.72 Å². The largest absolute Gasteiger partial charge is 0.490 e. The van der Waals surface area contributed by atoms with E-state index in [1.54, 1.807) is 6.20 Å². The molecule has 1 aliphatic rings. The maximum absolute atomic E-state index is 13.1. The fraction of sp³-hybridized carbons (Fsp3) is 0.318. The summed E-state index contributed by atoms with van der Waals surface area (Å²) in [4.78, 5) is 28.6. The van der Waals surface area contributed by atoms with Crippen molar-refractivity contribution < 1.29 is 22.9 Å². The summed E-state index contributed by atoms with van der Waals surface area (Å²) in [5, 5.41) is 12.1. The highest BCUT2D eigenvalue weighted by Gasteiger charge is 2.33. The lowest BCUT2D eigenvalue weighted by atomic mass is 10.0. The molecule has 4 rings (SSSR count). The summed E-state index contributed by atoms with van der Waals surface area (Å²) in [6.45, 7) is 2.90. The standard InChI is InChI=1S/C22H24N4O6S/c1-15(22(27)18-14-23-19-6-4-3-5-17(18)19)24-9-11-25(12-10-24)33(30,31)16-7-8-21(32-2)20(13-16)26(28)29/h3-8,13-15,23H,9-12H2,1-2H3. The minimum Gasteiger partial charge on any atom is -0.490 e. The number of nitro benzene ring substituents is 1. The van der Waals surface area contributed by atoms with E-state index < -0.39 is 26.7 Å². The number of aromatic amines is 1. The maximum Gasteiger partial charge on any atom is 0.312 e. The Balaban J connectivity index is 1.47. The molecule has 1 atom stereocenters. The van der Waals surface area contributed by atoms with Crippen LogP contribution < -0.4 is 4.74 Å². The van der Waals surface area contributed by atoms with E-state index in [0.29, 0.717) is 18.7 Å². The second-order valence-corrected chi connectivity index (χ2v) is 9.76. The van der Waals surface area contributed by atoms with Gasteiger partial charge in [0, 0.05) is 54.9 Å². The molecule has 1 fully saturated rings. The quantitative estimate of drug-likeness (QED) is 0.318. The molecule has 1 unspecified atom stereocenters. The number of rotatable bonds is 7. The summed E-state index contributed by atoms with van der Waals surface area (Å²) < 4.78 is 32.4. The summed E-state index contributed by atoms with van der Waals surface area (Å²) in [5.41, 5.74) is 1.09. The van der Waals surface area contributed by atoms with Crippen molar-refractivity contribution in [3.05, 3.63) is 64.3 Å². The first-order chi connectivity index (χ1) is 15.7. The molecule has 0 aliphatic carbocycles. The van der Waals surface area contributed by atoms with Crippen molar-refractivity contribution in [2.45, 2.75) is 17.9 Å². The van der Waals surface area contributed by atoms with Crippen LogP contribution in [0.5, 0.6) is 5.75 Å². The van der Waals surface area contributed by atoms with Gasteiger partial charge in [-0.25, -0.2) is 8.42 Å². The molecular weight excluding hydrogens is 448 g/mol. The molecule has 0 radical (unpaired) electrons. The number of hydrogen-bond donors (Lipinski definition) is 1. The topological polar surface area (TPSA) is 126 Å². The molecule has 3 aromatic rings. The Kier molecular flexibility index (Phi) is 6.19. The minimum absolute atomic E-state index is 0.00612. The third-order valence-corrected chi connectivity index (χ3v) is 7.93. The molecule has 2 heterocycles. The first kappa shape index (κ1) is 22.9. The number of para-hydroxylation sites is 1. The number of piperazine rings is 1. The number of sulfonamides is 1. The number of benzene rings is 2. The van der Waals surface area contributed by atoms with Crippen molar-refractivity contribution in [1.29, 1.82) is 0 Å². The Morgan fingerprint density at radius 3 is 2.52 bits per heavy atom. The van der Waals surface area contributed by atoms with E-state index in [2.05, 4.69) is 4.98 Å². The van der Waals surface area contributed by atoms with E-state index >= 15 is 0 Å². The molecule has 2 aromatic carbocycles. The van der Waals surface area contributed by atoms with Crippen LogP contribution in [0.4, 0.5) is 5.69 Å². The van der Waals surface area contributed by atoms with Crippen LogP contribution in [0, 0.1) is 10.1 Å². The molecule has 0 spiro atoms. The molecule has 11 heteroatoms. The lowest BCUT2D eigenvalue weighted by Crippen LogP contribution is -2.53. The van der Waals surface area contributed by atoms with Crippen LogP contribution in [0.25, 0.3) is 10.9 Å². The van der Waals surface area contributed by atoms with E-state index in [4.69, 9.17) is 4.74 Å². The number of ether oxygens (including phenoxy) is 1. The van der Waals surface area contributed by atoms with Gasteiger partial charge in [-0.15, -0.1) is 0 Å². The van der Waals surface area contributed by atoms with E-state index in [-0.39, 0.29) is 29.5 Å². The lowest BCUT2D eigenvalue weighted by molar-refractivity contribution is -0.386.